The maximum absolute atomic E-state index is 12.6. The summed E-state index contributed by atoms with van der Waals surface area (Å²) in [6.07, 6.45) is 2.92. The third kappa shape index (κ3) is 5.62. The highest BCUT2D eigenvalue weighted by Gasteiger charge is 2.17. The van der Waals surface area contributed by atoms with Crippen molar-refractivity contribution in [3.05, 3.63) is 66.4 Å². The van der Waals surface area contributed by atoms with Gasteiger partial charge >= 0.3 is 0 Å². The topological polar surface area (TPSA) is 70.2 Å². The molecule has 1 aliphatic heterocycles. The fourth-order valence-electron chi connectivity index (χ4n) is 3.40. The van der Waals surface area contributed by atoms with Gasteiger partial charge in [0.2, 0.25) is 5.95 Å². The molecule has 1 fully saturated rings. The van der Waals surface area contributed by atoms with Gasteiger partial charge in [-0.15, -0.1) is 11.8 Å². The number of hydrogen-bond acceptors (Lipinski definition) is 6. The van der Waals surface area contributed by atoms with E-state index in [0.717, 1.165) is 55.3 Å². The van der Waals surface area contributed by atoms with Gasteiger partial charge in [-0.05, 0) is 54.6 Å². The van der Waals surface area contributed by atoms with Crippen molar-refractivity contribution in [1.82, 2.24) is 20.2 Å². The number of anilines is 2. The molecular formula is C24H27N5OS. The van der Waals surface area contributed by atoms with Crippen LogP contribution in [0.25, 0.3) is 11.3 Å². The number of benzene rings is 2. The monoisotopic (exact) mass is 433 g/mol. The highest BCUT2D eigenvalue weighted by atomic mass is 32.2. The molecule has 0 saturated carbocycles. The molecule has 2 heterocycles. The number of aromatic nitrogens is 2. The van der Waals surface area contributed by atoms with Crippen molar-refractivity contribution in [1.29, 1.82) is 0 Å². The van der Waals surface area contributed by atoms with Gasteiger partial charge < -0.3 is 15.5 Å². The minimum absolute atomic E-state index is 0.0758. The summed E-state index contributed by atoms with van der Waals surface area (Å²) in [5.74, 6) is 1.73. The fraction of sp³-hybridized carbons (Fsp3) is 0.292. The molecule has 31 heavy (non-hydrogen) atoms. The Morgan fingerprint density at radius 2 is 1.81 bits per heavy atom. The van der Waals surface area contributed by atoms with E-state index < -0.39 is 0 Å². The smallest absolute Gasteiger partial charge is 0.253 e. The summed E-state index contributed by atoms with van der Waals surface area (Å²) in [7, 11) is 0. The van der Waals surface area contributed by atoms with Crippen molar-refractivity contribution < 1.29 is 4.79 Å². The minimum Gasteiger partial charge on any atom is -0.336 e. The molecule has 6 nitrogen and oxygen atoms in total. The van der Waals surface area contributed by atoms with Crippen molar-refractivity contribution in [2.24, 2.45) is 0 Å². The zero-order chi connectivity index (χ0) is 21.5. The number of carbonyl (C=O) groups is 1. The lowest BCUT2D eigenvalue weighted by molar-refractivity contribution is 0.0736. The lowest BCUT2D eigenvalue weighted by atomic mass is 10.1. The van der Waals surface area contributed by atoms with Gasteiger partial charge in [-0.2, -0.15) is 0 Å². The van der Waals surface area contributed by atoms with Crippen LogP contribution in [0.4, 0.5) is 11.6 Å². The first-order valence-corrected chi connectivity index (χ1v) is 11.6. The van der Waals surface area contributed by atoms with Crippen LogP contribution in [0.15, 0.2) is 65.7 Å². The van der Waals surface area contributed by atoms with E-state index in [1.807, 2.05) is 47.0 Å². The van der Waals surface area contributed by atoms with E-state index in [4.69, 9.17) is 0 Å². The van der Waals surface area contributed by atoms with Crippen molar-refractivity contribution in [3.8, 4) is 11.3 Å². The number of piperazine rings is 1. The van der Waals surface area contributed by atoms with Gasteiger partial charge in [0.05, 0.1) is 5.69 Å². The Kier molecular flexibility index (Phi) is 7.17. The molecule has 1 aromatic heterocycles. The van der Waals surface area contributed by atoms with Gasteiger partial charge in [-0.3, -0.25) is 4.79 Å². The van der Waals surface area contributed by atoms with Crippen LogP contribution in [0, 0.1) is 0 Å². The van der Waals surface area contributed by atoms with Crippen LogP contribution in [0.1, 0.15) is 23.7 Å². The van der Waals surface area contributed by atoms with Crippen LogP contribution < -0.4 is 10.6 Å². The SMILES string of the molecule is CCCSc1ccc(-c2ccnc(Nc3ccc(C(=O)N4CCNCC4)cc3)n2)cc1. The number of amides is 1. The quantitative estimate of drug-likeness (QED) is 0.537. The minimum atomic E-state index is 0.0758. The van der Waals surface area contributed by atoms with E-state index in [1.54, 1.807) is 6.20 Å². The molecule has 2 N–H and O–H groups in total. The van der Waals surface area contributed by atoms with Crippen LogP contribution in [0.5, 0.6) is 0 Å². The normalized spacial score (nSPS) is 13.8. The van der Waals surface area contributed by atoms with Crippen LogP contribution in [-0.2, 0) is 0 Å². The lowest BCUT2D eigenvalue weighted by Crippen LogP contribution is -2.46. The highest BCUT2D eigenvalue weighted by molar-refractivity contribution is 7.99. The largest absolute Gasteiger partial charge is 0.336 e. The first-order chi connectivity index (χ1) is 15.2. The summed E-state index contributed by atoms with van der Waals surface area (Å²) in [5, 5.41) is 6.50. The molecule has 0 bridgehead atoms. The summed E-state index contributed by atoms with van der Waals surface area (Å²) in [6, 6.07) is 17.9. The van der Waals surface area contributed by atoms with Crippen LogP contribution in [0.3, 0.4) is 0 Å². The Labute approximate surface area is 187 Å². The number of hydrogen-bond donors (Lipinski definition) is 2. The summed E-state index contributed by atoms with van der Waals surface area (Å²) >= 11 is 1.87. The number of thioether (sulfide) groups is 1. The van der Waals surface area contributed by atoms with Gasteiger partial charge in [0.25, 0.3) is 5.91 Å². The third-order valence-electron chi connectivity index (χ3n) is 5.07. The van der Waals surface area contributed by atoms with Gasteiger partial charge in [0.15, 0.2) is 0 Å². The summed E-state index contributed by atoms with van der Waals surface area (Å²) < 4.78 is 0. The highest BCUT2D eigenvalue weighted by Crippen LogP contribution is 2.24. The Morgan fingerprint density at radius 1 is 1.06 bits per heavy atom. The number of carbonyl (C=O) groups excluding carboxylic acids is 1. The summed E-state index contributed by atoms with van der Waals surface area (Å²) in [4.78, 5) is 24.8. The second-order valence-electron chi connectivity index (χ2n) is 7.38. The zero-order valence-corrected chi connectivity index (χ0v) is 18.5. The standard InChI is InChI=1S/C24H27N5OS/c1-2-17-31-21-9-5-18(6-10-21)22-11-12-26-24(28-22)27-20-7-3-19(4-8-20)23(30)29-15-13-25-14-16-29/h3-12,25H,2,13-17H2,1H3,(H,26,27,28). The lowest BCUT2D eigenvalue weighted by Gasteiger charge is -2.27. The molecule has 0 spiro atoms. The van der Waals surface area contributed by atoms with Gasteiger partial charge in [0, 0.05) is 54.1 Å². The van der Waals surface area contributed by atoms with Crippen LogP contribution >= 0.6 is 11.8 Å². The van der Waals surface area contributed by atoms with Crippen LogP contribution in [-0.4, -0.2) is 52.7 Å². The van der Waals surface area contributed by atoms with E-state index in [9.17, 15) is 4.79 Å². The predicted molar refractivity (Wildman–Crippen MR) is 127 cm³/mol. The van der Waals surface area contributed by atoms with Crippen LogP contribution in [0.2, 0.25) is 0 Å². The number of rotatable bonds is 7. The van der Waals surface area contributed by atoms with E-state index >= 15 is 0 Å². The molecule has 0 aliphatic carbocycles. The molecule has 160 valence electrons. The Morgan fingerprint density at radius 3 is 2.52 bits per heavy atom. The van der Waals surface area contributed by atoms with Gasteiger partial charge in [-0.1, -0.05) is 19.1 Å². The van der Waals surface area contributed by atoms with E-state index in [2.05, 4.69) is 51.8 Å². The summed E-state index contributed by atoms with van der Waals surface area (Å²) in [6.45, 7) is 5.38. The average molecular weight is 434 g/mol. The van der Waals surface area contributed by atoms with Crippen molar-refractivity contribution >= 4 is 29.3 Å². The van der Waals surface area contributed by atoms with E-state index in [1.165, 1.54) is 4.90 Å². The number of nitrogens with zero attached hydrogens (tertiary/aromatic N) is 3. The maximum atomic E-state index is 12.6. The number of nitrogens with one attached hydrogen (secondary N) is 2. The molecule has 1 saturated heterocycles. The molecule has 1 amide bonds. The van der Waals surface area contributed by atoms with Crippen molar-refractivity contribution in [2.75, 3.05) is 37.2 Å². The van der Waals surface area contributed by atoms with E-state index in [0.29, 0.717) is 11.5 Å². The summed E-state index contributed by atoms with van der Waals surface area (Å²) in [5.41, 5.74) is 3.47. The Bertz CT molecular complexity index is 1000. The molecule has 2 aromatic carbocycles. The van der Waals surface area contributed by atoms with Crippen molar-refractivity contribution in [2.45, 2.75) is 18.2 Å². The zero-order valence-electron chi connectivity index (χ0n) is 17.7. The first kappa shape index (κ1) is 21.3. The molecule has 3 aromatic rings. The van der Waals surface area contributed by atoms with Crippen molar-refractivity contribution in [3.63, 3.8) is 0 Å². The first-order valence-electron chi connectivity index (χ1n) is 10.7. The molecule has 0 atom stereocenters. The molecule has 0 radical (unpaired) electrons. The molecule has 1 aliphatic rings. The fourth-order valence-corrected chi connectivity index (χ4v) is 4.17. The predicted octanol–water partition coefficient (Wildman–Crippen LogP) is 4.43. The molecule has 7 heteroatoms. The molecular weight excluding hydrogens is 406 g/mol. The van der Waals surface area contributed by atoms with E-state index in [-0.39, 0.29) is 5.91 Å². The maximum Gasteiger partial charge on any atom is 0.253 e. The molecule has 4 rings (SSSR count). The Balaban J connectivity index is 1.42. The molecule has 0 unspecified atom stereocenters. The third-order valence-corrected chi connectivity index (χ3v) is 6.29. The Hall–Kier alpha value is -2.90. The second kappa shape index (κ2) is 10.4. The van der Waals surface area contributed by atoms with Gasteiger partial charge in [-0.25, -0.2) is 9.97 Å². The average Bonchev–Trinajstić information content (AvgIpc) is 2.84. The van der Waals surface area contributed by atoms with Gasteiger partial charge in [0.1, 0.15) is 0 Å². The second-order valence-corrected chi connectivity index (χ2v) is 8.55.